The van der Waals surface area contributed by atoms with Gasteiger partial charge in [-0.05, 0) is 36.5 Å². The van der Waals surface area contributed by atoms with Crippen LogP contribution in [0.15, 0.2) is 24.4 Å². The van der Waals surface area contributed by atoms with E-state index < -0.39 is 28.5 Å². The highest BCUT2D eigenvalue weighted by atomic mass is 35.5. The average molecular weight is 459 g/mol. The molecule has 2 heterocycles. The smallest absolute Gasteiger partial charge is 0.418 e. The quantitative estimate of drug-likeness (QED) is 0.589. The van der Waals surface area contributed by atoms with Gasteiger partial charge in [-0.15, -0.1) is 0 Å². The average Bonchev–Trinajstić information content (AvgIpc) is 3.48. The van der Waals surface area contributed by atoms with Crippen LogP contribution in [0.5, 0.6) is 5.75 Å². The molecule has 1 aromatic heterocycles. The lowest BCUT2D eigenvalue weighted by Gasteiger charge is -2.48. The first-order valence-corrected chi connectivity index (χ1v) is 10.0. The van der Waals surface area contributed by atoms with Crippen molar-refractivity contribution in [3.05, 3.63) is 51.9 Å². The van der Waals surface area contributed by atoms with Crippen molar-refractivity contribution in [1.82, 2.24) is 4.98 Å². The summed E-state index contributed by atoms with van der Waals surface area (Å²) in [4.78, 5) is 16.9. The highest BCUT2D eigenvalue weighted by Gasteiger charge is 2.42. The molecule has 4 rings (SSSR count). The van der Waals surface area contributed by atoms with Gasteiger partial charge >= 0.3 is 12.1 Å². The van der Waals surface area contributed by atoms with Crippen LogP contribution < -0.4 is 9.64 Å². The molecule has 2 aliphatic rings. The molecule has 0 atom stereocenters. The maximum Gasteiger partial charge on any atom is 0.418 e. The van der Waals surface area contributed by atoms with Gasteiger partial charge in [-0.3, -0.25) is 0 Å². The lowest BCUT2D eigenvalue weighted by atomic mass is 9.82. The molecular formula is C21H19ClF4N2O3. The number of carboxylic acids is 1. The fourth-order valence-corrected chi connectivity index (χ4v) is 3.98. The normalized spacial score (nSPS) is 17.9. The standard InChI is InChI=1S/C21H19ClF4N2O3/c1-20(8-28(9-20)18-5-14(21(24,25)26)15(22)7-27-18)10-31-17-6-16(23)13(19(29)30)4-12(17)11-2-3-11/h4-7,11H,2-3,8-10H2,1H3,(H,29,30). The zero-order chi connectivity index (χ0) is 22.6. The van der Waals surface area contributed by atoms with E-state index in [9.17, 15) is 22.4 Å². The van der Waals surface area contributed by atoms with E-state index in [1.54, 1.807) is 4.90 Å². The molecule has 0 spiro atoms. The number of rotatable bonds is 6. The summed E-state index contributed by atoms with van der Waals surface area (Å²) in [6, 6.07) is 3.36. The van der Waals surface area contributed by atoms with Gasteiger partial charge in [-0.25, -0.2) is 14.2 Å². The minimum Gasteiger partial charge on any atom is -0.492 e. The van der Waals surface area contributed by atoms with Crippen molar-refractivity contribution in [1.29, 1.82) is 0 Å². The number of nitrogens with zero attached hydrogens (tertiary/aromatic N) is 2. The van der Waals surface area contributed by atoms with Gasteiger partial charge in [0.1, 0.15) is 17.4 Å². The van der Waals surface area contributed by atoms with Crippen molar-refractivity contribution in [2.45, 2.75) is 31.9 Å². The summed E-state index contributed by atoms with van der Waals surface area (Å²) in [7, 11) is 0. The van der Waals surface area contributed by atoms with Gasteiger partial charge in [0.15, 0.2) is 0 Å². The van der Waals surface area contributed by atoms with Crippen molar-refractivity contribution in [3.8, 4) is 5.75 Å². The molecular weight excluding hydrogens is 440 g/mol. The Labute approximate surface area is 180 Å². The van der Waals surface area contributed by atoms with E-state index in [-0.39, 0.29) is 29.3 Å². The van der Waals surface area contributed by atoms with Crippen LogP contribution in [0.2, 0.25) is 5.02 Å². The zero-order valence-corrected chi connectivity index (χ0v) is 17.2. The van der Waals surface area contributed by atoms with Crippen LogP contribution in [0.25, 0.3) is 0 Å². The van der Waals surface area contributed by atoms with E-state index in [1.807, 2.05) is 6.92 Å². The number of carbonyl (C=O) groups is 1. The molecule has 1 aromatic carbocycles. The third-order valence-electron chi connectivity index (χ3n) is 5.54. The summed E-state index contributed by atoms with van der Waals surface area (Å²) in [6.07, 6.45) is -1.82. The van der Waals surface area contributed by atoms with E-state index in [2.05, 4.69) is 4.98 Å². The van der Waals surface area contributed by atoms with Gasteiger partial charge in [0.25, 0.3) is 0 Å². The van der Waals surface area contributed by atoms with Gasteiger partial charge in [0, 0.05) is 30.8 Å². The number of aromatic nitrogens is 1. The van der Waals surface area contributed by atoms with Crippen LogP contribution in [-0.2, 0) is 6.18 Å². The third kappa shape index (κ3) is 4.42. The first-order valence-electron chi connectivity index (χ1n) is 9.64. The second-order valence-corrected chi connectivity index (χ2v) is 8.83. The maximum atomic E-state index is 14.2. The van der Waals surface area contributed by atoms with Gasteiger partial charge in [0.2, 0.25) is 0 Å². The van der Waals surface area contributed by atoms with Crippen molar-refractivity contribution in [2.75, 3.05) is 24.6 Å². The molecule has 5 nitrogen and oxygen atoms in total. The van der Waals surface area contributed by atoms with Crippen molar-refractivity contribution in [2.24, 2.45) is 5.41 Å². The summed E-state index contributed by atoms with van der Waals surface area (Å²) in [5.41, 5.74) is -1.04. The number of pyridine rings is 1. The monoisotopic (exact) mass is 458 g/mol. The predicted octanol–water partition coefficient (Wildman–Crippen LogP) is 5.37. The van der Waals surface area contributed by atoms with Crippen molar-refractivity contribution < 1.29 is 32.2 Å². The van der Waals surface area contributed by atoms with Gasteiger partial charge in [-0.1, -0.05) is 18.5 Å². The lowest BCUT2D eigenvalue weighted by molar-refractivity contribution is -0.137. The second kappa shape index (κ2) is 7.55. The molecule has 1 N–H and O–H groups in total. The van der Waals surface area contributed by atoms with Crippen LogP contribution in [0.1, 0.15) is 47.2 Å². The van der Waals surface area contributed by atoms with Crippen molar-refractivity contribution in [3.63, 3.8) is 0 Å². The van der Waals surface area contributed by atoms with E-state index in [0.29, 0.717) is 24.4 Å². The molecule has 1 saturated heterocycles. The van der Waals surface area contributed by atoms with Crippen LogP contribution >= 0.6 is 11.6 Å². The highest BCUT2D eigenvalue weighted by Crippen LogP contribution is 2.46. The Kier molecular flexibility index (Phi) is 5.28. The number of anilines is 1. The van der Waals surface area contributed by atoms with Gasteiger partial charge in [0.05, 0.1) is 22.8 Å². The SMILES string of the molecule is CC1(COc2cc(F)c(C(=O)O)cc2C2CC2)CN(c2cc(C(F)(F)F)c(Cl)cn2)C1. The van der Waals surface area contributed by atoms with E-state index in [0.717, 1.165) is 31.2 Å². The molecule has 0 amide bonds. The molecule has 1 aliphatic heterocycles. The van der Waals surface area contributed by atoms with E-state index in [1.165, 1.54) is 6.07 Å². The summed E-state index contributed by atoms with van der Waals surface area (Å²) < 4.78 is 59.2. The largest absolute Gasteiger partial charge is 0.492 e. The molecule has 0 bridgehead atoms. The molecule has 0 radical (unpaired) electrons. The van der Waals surface area contributed by atoms with Crippen LogP contribution in [0, 0.1) is 11.2 Å². The van der Waals surface area contributed by atoms with Gasteiger partial charge in [-0.2, -0.15) is 13.2 Å². The Morgan fingerprint density at radius 2 is 2.00 bits per heavy atom. The summed E-state index contributed by atoms with van der Waals surface area (Å²) >= 11 is 5.62. The number of alkyl halides is 3. The Morgan fingerprint density at radius 3 is 2.58 bits per heavy atom. The Bertz CT molecular complexity index is 1030. The Morgan fingerprint density at radius 1 is 1.32 bits per heavy atom. The second-order valence-electron chi connectivity index (χ2n) is 8.42. The topological polar surface area (TPSA) is 62.7 Å². The minimum absolute atomic E-state index is 0.151. The third-order valence-corrected chi connectivity index (χ3v) is 5.84. The van der Waals surface area contributed by atoms with E-state index in [4.69, 9.17) is 21.4 Å². The molecule has 166 valence electrons. The summed E-state index contributed by atoms with van der Waals surface area (Å²) in [5, 5.41) is 8.69. The first kappa shape index (κ1) is 21.7. The highest BCUT2D eigenvalue weighted by molar-refractivity contribution is 6.31. The molecule has 31 heavy (non-hydrogen) atoms. The maximum absolute atomic E-state index is 14.2. The fourth-order valence-electron chi connectivity index (χ4n) is 3.77. The van der Waals surface area contributed by atoms with Crippen LogP contribution in [0.4, 0.5) is 23.4 Å². The van der Waals surface area contributed by atoms with Crippen LogP contribution in [-0.4, -0.2) is 35.8 Å². The number of ether oxygens (including phenoxy) is 1. The summed E-state index contributed by atoms with van der Waals surface area (Å²) in [5.74, 6) is -1.56. The van der Waals surface area contributed by atoms with Crippen molar-refractivity contribution >= 4 is 23.4 Å². The molecule has 1 aliphatic carbocycles. The Hall–Kier alpha value is -2.55. The predicted molar refractivity (Wildman–Crippen MR) is 105 cm³/mol. The fraction of sp³-hybridized carbons (Fsp3) is 0.429. The lowest BCUT2D eigenvalue weighted by Crippen LogP contribution is -2.58. The first-order chi connectivity index (χ1) is 14.5. The molecule has 2 fully saturated rings. The molecule has 0 unspecified atom stereocenters. The zero-order valence-electron chi connectivity index (χ0n) is 16.5. The molecule has 1 saturated carbocycles. The number of halogens is 5. The van der Waals surface area contributed by atoms with Crippen LogP contribution in [0.3, 0.4) is 0 Å². The molecule has 10 heteroatoms. The number of hydrogen-bond acceptors (Lipinski definition) is 4. The number of benzene rings is 1. The number of hydrogen-bond donors (Lipinski definition) is 1. The molecule has 2 aromatic rings. The number of aromatic carboxylic acids is 1. The van der Waals surface area contributed by atoms with E-state index >= 15 is 0 Å². The number of carboxylic acid groups (broad SMARTS) is 1. The summed E-state index contributed by atoms with van der Waals surface area (Å²) in [6.45, 7) is 2.90. The minimum atomic E-state index is -4.57. The Balaban J connectivity index is 1.45. The van der Waals surface area contributed by atoms with Gasteiger partial charge < -0.3 is 14.7 Å².